The topological polar surface area (TPSA) is 91.8 Å². The smallest absolute Gasteiger partial charge is 0.258 e. The molecule has 2 aliphatic heterocycles. The van der Waals surface area contributed by atoms with Crippen molar-refractivity contribution in [2.45, 2.75) is 25.9 Å². The molecular formula is C24H23N3O5. The van der Waals surface area contributed by atoms with Crippen molar-refractivity contribution in [1.82, 2.24) is 15.3 Å². The molecular weight excluding hydrogens is 410 g/mol. The number of ether oxygens (including phenoxy) is 4. The van der Waals surface area contributed by atoms with Crippen LogP contribution < -0.4 is 19.5 Å². The fourth-order valence-corrected chi connectivity index (χ4v) is 3.68. The van der Waals surface area contributed by atoms with Gasteiger partial charge < -0.3 is 24.3 Å². The normalized spacial score (nSPS) is 16.7. The summed E-state index contributed by atoms with van der Waals surface area (Å²) in [5.74, 6) is 2.04. The average molecular weight is 433 g/mol. The molecule has 164 valence electrons. The molecule has 0 spiro atoms. The third kappa shape index (κ3) is 4.36. The van der Waals surface area contributed by atoms with Gasteiger partial charge in [0.05, 0.1) is 6.10 Å². The van der Waals surface area contributed by atoms with Gasteiger partial charge in [0.25, 0.3) is 5.91 Å². The third-order valence-electron chi connectivity index (χ3n) is 5.35. The molecule has 1 amide bonds. The van der Waals surface area contributed by atoms with Crippen LogP contribution in [0.15, 0.2) is 48.7 Å². The number of nitrogens with zero attached hydrogens (tertiary/aromatic N) is 2. The van der Waals surface area contributed by atoms with Crippen LogP contribution in [0, 0.1) is 6.92 Å². The van der Waals surface area contributed by atoms with Gasteiger partial charge in [-0.1, -0.05) is 23.8 Å². The van der Waals surface area contributed by atoms with Crippen LogP contribution in [0.2, 0.25) is 0 Å². The van der Waals surface area contributed by atoms with Crippen molar-refractivity contribution in [3.63, 3.8) is 0 Å². The fourth-order valence-electron chi connectivity index (χ4n) is 3.68. The number of fused-ring (bicyclic) bond motifs is 1. The monoisotopic (exact) mass is 433 g/mol. The Morgan fingerprint density at radius 1 is 1.19 bits per heavy atom. The first-order valence-corrected chi connectivity index (χ1v) is 10.6. The summed E-state index contributed by atoms with van der Waals surface area (Å²) in [6.45, 7) is 3.33. The van der Waals surface area contributed by atoms with E-state index in [1.807, 2.05) is 31.2 Å². The highest BCUT2D eigenvalue weighted by Gasteiger charge is 2.22. The molecule has 1 saturated heterocycles. The molecule has 8 nitrogen and oxygen atoms in total. The van der Waals surface area contributed by atoms with E-state index in [2.05, 4.69) is 15.3 Å². The number of carbonyl (C=O) groups is 1. The number of carbonyl (C=O) groups excluding carboxylic acids is 1. The molecule has 0 radical (unpaired) electrons. The van der Waals surface area contributed by atoms with Gasteiger partial charge in [0.2, 0.25) is 12.7 Å². The van der Waals surface area contributed by atoms with Gasteiger partial charge in [0.1, 0.15) is 11.3 Å². The van der Waals surface area contributed by atoms with Crippen LogP contribution in [0.3, 0.4) is 0 Å². The average Bonchev–Trinajstić information content (AvgIpc) is 3.49. The molecule has 3 heterocycles. The van der Waals surface area contributed by atoms with E-state index in [0.717, 1.165) is 30.6 Å². The Hall–Kier alpha value is -3.65. The molecule has 2 aliphatic rings. The zero-order valence-corrected chi connectivity index (χ0v) is 17.7. The third-order valence-corrected chi connectivity index (χ3v) is 5.35. The SMILES string of the molecule is Cc1cccc(-c2ncc(C(=O)NCC3CCCO3)c(Oc3ccc4c(c3)OCO4)n2)c1. The highest BCUT2D eigenvalue weighted by Crippen LogP contribution is 2.37. The van der Waals surface area contributed by atoms with Gasteiger partial charge >= 0.3 is 0 Å². The minimum absolute atomic E-state index is 0.0321. The van der Waals surface area contributed by atoms with Gasteiger partial charge in [0.15, 0.2) is 17.3 Å². The van der Waals surface area contributed by atoms with E-state index in [1.54, 1.807) is 18.2 Å². The number of aryl methyl sites for hydroxylation is 1. The standard InChI is InChI=1S/C24H23N3O5/c1-15-4-2-5-16(10-15)22-25-13-19(23(28)26-12-18-6-3-9-29-18)24(27-22)32-17-7-8-20-21(11-17)31-14-30-20/h2,4-5,7-8,10-11,13,18H,3,6,9,12,14H2,1H3,(H,26,28). The molecule has 1 atom stereocenters. The lowest BCUT2D eigenvalue weighted by Crippen LogP contribution is -2.32. The minimum atomic E-state index is -0.313. The Balaban J connectivity index is 1.45. The summed E-state index contributed by atoms with van der Waals surface area (Å²) in [6.07, 6.45) is 3.47. The van der Waals surface area contributed by atoms with Crippen molar-refractivity contribution in [2.24, 2.45) is 0 Å². The number of hydrogen-bond acceptors (Lipinski definition) is 7. The molecule has 0 saturated carbocycles. The van der Waals surface area contributed by atoms with Crippen LogP contribution >= 0.6 is 0 Å². The van der Waals surface area contributed by atoms with E-state index >= 15 is 0 Å². The summed E-state index contributed by atoms with van der Waals surface area (Å²) >= 11 is 0. The van der Waals surface area contributed by atoms with Crippen LogP contribution in [0.25, 0.3) is 11.4 Å². The highest BCUT2D eigenvalue weighted by molar-refractivity contribution is 5.96. The number of benzene rings is 2. The second-order valence-corrected chi connectivity index (χ2v) is 7.74. The largest absolute Gasteiger partial charge is 0.454 e. The van der Waals surface area contributed by atoms with Crippen molar-refractivity contribution >= 4 is 5.91 Å². The summed E-state index contributed by atoms with van der Waals surface area (Å²) in [4.78, 5) is 21.9. The summed E-state index contributed by atoms with van der Waals surface area (Å²) in [5.41, 5.74) is 2.17. The Bertz CT molecular complexity index is 1140. The van der Waals surface area contributed by atoms with Gasteiger partial charge in [-0.25, -0.2) is 4.98 Å². The van der Waals surface area contributed by atoms with Gasteiger partial charge in [-0.2, -0.15) is 4.98 Å². The zero-order valence-electron chi connectivity index (χ0n) is 17.7. The molecule has 1 N–H and O–H groups in total. The highest BCUT2D eigenvalue weighted by atomic mass is 16.7. The lowest BCUT2D eigenvalue weighted by atomic mass is 10.1. The molecule has 5 rings (SSSR count). The van der Waals surface area contributed by atoms with Crippen LogP contribution in [0.4, 0.5) is 0 Å². The minimum Gasteiger partial charge on any atom is -0.454 e. The Morgan fingerprint density at radius 3 is 2.94 bits per heavy atom. The summed E-state index contributed by atoms with van der Waals surface area (Å²) in [7, 11) is 0. The maximum absolute atomic E-state index is 12.9. The van der Waals surface area contributed by atoms with Crippen LogP contribution in [0.5, 0.6) is 23.1 Å². The molecule has 1 unspecified atom stereocenters. The number of hydrogen-bond donors (Lipinski definition) is 1. The molecule has 8 heteroatoms. The van der Waals surface area contributed by atoms with Crippen molar-refractivity contribution in [1.29, 1.82) is 0 Å². The van der Waals surface area contributed by atoms with E-state index in [4.69, 9.17) is 18.9 Å². The predicted octanol–water partition coefficient (Wildman–Crippen LogP) is 3.88. The maximum atomic E-state index is 12.9. The molecule has 0 aliphatic carbocycles. The zero-order chi connectivity index (χ0) is 21.9. The van der Waals surface area contributed by atoms with Crippen LogP contribution in [-0.4, -0.2) is 41.9 Å². The van der Waals surface area contributed by atoms with E-state index in [0.29, 0.717) is 29.6 Å². The molecule has 1 aromatic heterocycles. The van der Waals surface area contributed by atoms with Crippen molar-refractivity contribution < 1.29 is 23.7 Å². The second-order valence-electron chi connectivity index (χ2n) is 7.74. The Morgan fingerprint density at radius 2 is 2.09 bits per heavy atom. The lowest BCUT2D eigenvalue weighted by molar-refractivity contribution is 0.0855. The molecule has 0 bridgehead atoms. The number of aromatic nitrogens is 2. The van der Waals surface area contributed by atoms with E-state index in [-0.39, 0.29) is 30.2 Å². The van der Waals surface area contributed by atoms with Gasteiger partial charge in [-0.05, 0) is 38.0 Å². The first kappa shape index (κ1) is 20.3. The molecule has 1 fully saturated rings. The summed E-state index contributed by atoms with van der Waals surface area (Å²) in [5, 5.41) is 2.91. The van der Waals surface area contributed by atoms with E-state index in [1.165, 1.54) is 6.20 Å². The van der Waals surface area contributed by atoms with Crippen LogP contribution in [-0.2, 0) is 4.74 Å². The fraction of sp³-hybridized carbons (Fsp3) is 0.292. The van der Waals surface area contributed by atoms with Crippen LogP contribution in [0.1, 0.15) is 28.8 Å². The molecule has 3 aromatic rings. The second kappa shape index (κ2) is 8.84. The first-order chi connectivity index (χ1) is 15.7. The molecule has 32 heavy (non-hydrogen) atoms. The maximum Gasteiger partial charge on any atom is 0.258 e. The predicted molar refractivity (Wildman–Crippen MR) is 116 cm³/mol. The van der Waals surface area contributed by atoms with E-state index < -0.39 is 0 Å². The Labute approximate surface area is 185 Å². The summed E-state index contributed by atoms with van der Waals surface area (Å²) in [6, 6.07) is 13.1. The first-order valence-electron chi connectivity index (χ1n) is 10.6. The molecule has 2 aromatic carbocycles. The van der Waals surface area contributed by atoms with Crippen molar-refractivity contribution in [3.8, 4) is 34.5 Å². The van der Waals surface area contributed by atoms with Gasteiger partial charge in [0, 0.05) is 31.0 Å². The summed E-state index contributed by atoms with van der Waals surface area (Å²) < 4.78 is 22.4. The van der Waals surface area contributed by atoms with Crippen molar-refractivity contribution in [3.05, 3.63) is 59.8 Å². The quantitative estimate of drug-likeness (QED) is 0.631. The number of amides is 1. The van der Waals surface area contributed by atoms with Gasteiger partial charge in [-0.3, -0.25) is 4.79 Å². The Kier molecular flexibility index (Phi) is 5.60. The number of nitrogens with one attached hydrogen (secondary N) is 1. The lowest BCUT2D eigenvalue weighted by Gasteiger charge is -2.14. The van der Waals surface area contributed by atoms with Gasteiger partial charge in [-0.15, -0.1) is 0 Å². The number of rotatable bonds is 6. The van der Waals surface area contributed by atoms with E-state index in [9.17, 15) is 4.79 Å². The van der Waals surface area contributed by atoms with Crippen molar-refractivity contribution in [2.75, 3.05) is 19.9 Å².